The number of benzene rings is 2. The van der Waals surface area contributed by atoms with Crippen LogP contribution in [-0.2, 0) is 0 Å². The molecule has 0 aliphatic heterocycles. The normalized spacial score (nSPS) is 23.5. The van der Waals surface area contributed by atoms with Gasteiger partial charge in [-0.1, -0.05) is 80.8 Å². The van der Waals surface area contributed by atoms with Crippen LogP contribution < -0.4 is 4.74 Å². The Morgan fingerprint density at radius 2 is 1.00 bits per heavy atom. The third-order valence-corrected chi connectivity index (χ3v) is 8.82. The molecule has 0 radical (unpaired) electrons. The maximum Gasteiger partial charge on any atom is 0.119 e. The number of ether oxygens (including phenoxy) is 1. The van der Waals surface area contributed by atoms with E-state index in [2.05, 4.69) is 73.4 Å². The van der Waals surface area contributed by atoms with Gasteiger partial charge in [0.2, 0.25) is 0 Å². The third-order valence-electron chi connectivity index (χ3n) is 7.76. The second kappa shape index (κ2) is 16.3. The van der Waals surface area contributed by atoms with E-state index in [0.717, 1.165) is 39.4 Å². The summed E-state index contributed by atoms with van der Waals surface area (Å²) in [6.45, 7) is 14.0. The van der Waals surface area contributed by atoms with E-state index in [1.807, 2.05) is 24.3 Å². The number of rotatable bonds is 2. The van der Waals surface area contributed by atoms with E-state index in [1.165, 1.54) is 38.5 Å². The number of aromatic hydroxyl groups is 1. The summed E-state index contributed by atoms with van der Waals surface area (Å²) in [6, 6.07) is 15.0. The lowest BCUT2D eigenvalue weighted by atomic mass is 9.72. The van der Waals surface area contributed by atoms with Gasteiger partial charge in [-0.25, -0.2) is 0 Å². The third kappa shape index (κ3) is 13.3. The van der Waals surface area contributed by atoms with Crippen molar-refractivity contribution in [3.8, 4) is 11.5 Å². The Labute approximate surface area is 250 Å². The molecule has 2 aliphatic rings. The molecule has 2 aliphatic carbocycles. The summed E-state index contributed by atoms with van der Waals surface area (Å²) in [4.78, 5) is 0. The van der Waals surface area contributed by atoms with E-state index in [9.17, 15) is 5.11 Å². The van der Waals surface area contributed by atoms with Crippen LogP contribution in [-0.4, -0.2) is 22.4 Å². The molecule has 0 heterocycles. The van der Waals surface area contributed by atoms with E-state index in [4.69, 9.17) is 9.84 Å². The van der Waals surface area contributed by atoms with E-state index in [-0.39, 0.29) is 13.5 Å². The van der Waals surface area contributed by atoms with Gasteiger partial charge in [0.1, 0.15) is 11.5 Å². The largest absolute Gasteiger partial charge is 0.508 e. The van der Waals surface area contributed by atoms with Crippen molar-refractivity contribution in [1.29, 1.82) is 0 Å². The van der Waals surface area contributed by atoms with E-state index >= 15 is 0 Å². The van der Waals surface area contributed by atoms with Crippen molar-refractivity contribution in [2.45, 2.75) is 113 Å². The molecule has 2 N–H and O–H groups in total. The fraction of sp³-hybridized carbons (Fsp3) is 0.636. The van der Waals surface area contributed by atoms with Crippen LogP contribution in [0.1, 0.15) is 100 Å². The van der Waals surface area contributed by atoms with Gasteiger partial charge in [-0.15, -0.1) is 0 Å². The van der Waals surface area contributed by atoms with E-state index in [1.54, 1.807) is 24.3 Å². The number of halogens is 2. The number of phenols is 1. The zero-order chi connectivity index (χ0) is 27.6. The summed E-state index contributed by atoms with van der Waals surface area (Å²) >= 11 is 6.68. The molecule has 2 fully saturated rings. The number of hydrogen-bond acceptors (Lipinski definition) is 3. The van der Waals surface area contributed by atoms with Crippen LogP contribution in [0.15, 0.2) is 57.5 Å². The van der Waals surface area contributed by atoms with Crippen molar-refractivity contribution in [1.82, 2.24) is 0 Å². The van der Waals surface area contributed by atoms with E-state index < -0.39 is 0 Å². The van der Waals surface area contributed by atoms with Crippen molar-refractivity contribution < 1.29 is 14.9 Å². The first-order valence-corrected chi connectivity index (χ1v) is 15.4. The predicted molar refractivity (Wildman–Crippen MR) is 170 cm³/mol. The maximum absolute atomic E-state index is 9.29. The standard InChI is InChI=1S/C16H23BrO.C10H20O.C6H5BrO.CH4/c1-16(2,3)12-4-8-14(9-5-12)18-15-10-6-13(17)7-11-15;1-10(2,3)8-4-6-9(11)7-5-8;7-5-1-3-6(8)4-2-5;/h6-7,10-12,14H,4-5,8-9H2,1-3H3;8-9,11H,4-7H2,1-3H3;1-4,8H;1H4. The maximum atomic E-state index is 9.29. The van der Waals surface area contributed by atoms with Crippen LogP contribution in [0.25, 0.3) is 0 Å². The molecule has 0 aromatic heterocycles. The second-order valence-electron chi connectivity index (χ2n) is 12.8. The Morgan fingerprint density at radius 1 is 0.632 bits per heavy atom. The Balaban J connectivity index is 0.000000309. The molecule has 0 bridgehead atoms. The zero-order valence-corrected chi connectivity index (χ0v) is 26.8. The van der Waals surface area contributed by atoms with Gasteiger partial charge >= 0.3 is 0 Å². The number of aliphatic hydroxyl groups excluding tert-OH is 1. The molecule has 2 saturated carbocycles. The first-order chi connectivity index (χ1) is 17.2. The lowest BCUT2D eigenvalue weighted by Crippen LogP contribution is -2.30. The number of phenolic OH excluding ortho intramolecular Hbond substituents is 1. The molecule has 5 heteroatoms. The van der Waals surface area contributed by atoms with Crippen LogP contribution in [0.3, 0.4) is 0 Å². The minimum atomic E-state index is -0.00593. The van der Waals surface area contributed by atoms with Crippen molar-refractivity contribution in [2.24, 2.45) is 22.7 Å². The molecular weight excluding hydrogens is 604 g/mol. The highest BCUT2D eigenvalue weighted by Crippen LogP contribution is 2.39. The van der Waals surface area contributed by atoms with Crippen LogP contribution in [0, 0.1) is 22.7 Å². The molecule has 0 spiro atoms. The fourth-order valence-corrected chi connectivity index (χ4v) is 5.66. The summed E-state index contributed by atoms with van der Waals surface area (Å²) in [5.74, 6) is 2.97. The van der Waals surface area contributed by atoms with Crippen LogP contribution >= 0.6 is 31.9 Å². The minimum absolute atomic E-state index is 0. The Kier molecular flexibility index (Phi) is 15.0. The zero-order valence-electron chi connectivity index (χ0n) is 23.6. The average molecular weight is 657 g/mol. The molecule has 38 heavy (non-hydrogen) atoms. The molecule has 2 aromatic rings. The molecule has 2 aromatic carbocycles. The highest BCUT2D eigenvalue weighted by Gasteiger charge is 2.30. The SMILES string of the molecule is C.CC(C)(C)C1CCC(O)CC1.CC(C)(C)C1CCC(Oc2ccc(Br)cc2)CC1.Oc1ccc(Br)cc1. The summed E-state index contributed by atoms with van der Waals surface area (Å²) in [6.07, 6.45) is 9.84. The van der Waals surface area contributed by atoms with Crippen LogP contribution in [0.2, 0.25) is 0 Å². The average Bonchev–Trinajstić information content (AvgIpc) is 2.83. The minimum Gasteiger partial charge on any atom is -0.508 e. The van der Waals surface area contributed by atoms with E-state index in [0.29, 0.717) is 22.7 Å². The second-order valence-corrected chi connectivity index (χ2v) is 14.6. The van der Waals surface area contributed by atoms with Crippen molar-refractivity contribution in [3.05, 3.63) is 57.5 Å². The molecule has 216 valence electrons. The number of hydrogen-bond donors (Lipinski definition) is 2. The summed E-state index contributed by atoms with van der Waals surface area (Å²) < 4.78 is 8.14. The summed E-state index contributed by atoms with van der Waals surface area (Å²) in [7, 11) is 0. The Morgan fingerprint density at radius 3 is 1.37 bits per heavy atom. The van der Waals surface area contributed by atoms with Gasteiger partial charge in [0.25, 0.3) is 0 Å². The molecule has 0 unspecified atom stereocenters. The quantitative estimate of drug-likeness (QED) is 0.338. The molecular formula is C33H52Br2O3. The lowest BCUT2D eigenvalue weighted by molar-refractivity contribution is 0.0725. The van der Waals surface area contributed by atoms with Crippen molar-refractivity contribution in [3.63, 3.8) is 0 Å². The van der Waals surface area contributed by atoms with Gasteiger partial charge in [0.05, 0.1) is 12.2 Å². The molecule has 0 atom stereocenters. The fourth-order valence-electron chi connectivity index (χ4n) is 5.14. The van der Waals surface area contributed by atoms with Gasteiger partial charge in [-0.3, -0.25) is 0 Å². The predicted octanol–water partition coefficient (Wildman–Crippen LogP) is 10.8. The molecule has 4 rings (SSSR count). The first kappa shape index (κ1) is 35.0. The Bertz CT molecular complexity index is 861. The molecule has 3 nitrogen and oxygen atoms in total. The first-order valence-electron chi connectivity index (χ1n) is 13.8. The highest BCUT2D eigenvalue weighted by atomic mass is 79.9. The summed E-state index contributed by atoms with van der Waals surface area (Å²) in [5, 5.41) is 18.0. The van der Waals surface area contributed by atoms with Crippen molar-refractivity contribution in [2.75, 3.05) is 0 Å². The highest BCUT2D eigenvalue weighted by molar-refractivity contribution is 9.10. The van der Waals surface area contributed by atoms with Gasteiger partial charge in [0.15, 0.2) is 0 Å². The van der Waals surface area contributed by atoms with Gasteiger partial charge in [-0.05, 0) is 123 Å². The Hall–Kier alpha value is -1.04. The smallest absolute Gasteiger partial charge is 0.119 e. The monoisotopic (exact) mass is 654 g/mol. The van der Waals surface area contributed by atoms with Crippen LogP contribution in [0.5, 0.6) is 11.5 Å². The van der Waals surface area contributed by atoms with Gasteiger partial charge in [0, 0.05) is 8.95 Å². The molecule has 0 amide bonds. The summed E-state index contributed by atoms with van der Waals surface area (Å²) in [5.41, 5.74) is 0.892. The molecule has 0 saturated heterocycles. The lowest BCUT2D eigenvalue weighted by Gasteiger charge is -2.36. The van der Waals surface area contributed by atoms with Crippen LogP contribution in [0.4, 0.5) is 0 Å². The van der Waals surface area contributed by atoms with Crippen molar-refractivity contribution >= 4 is 31.9 Å². The number of aliphatic hydroxyl groups is 1. The topological polar surface area (TPSA) is 49.7 Å². The van der Waals surface area contributed by atoms with Gasteiger partial charge < -0.3 is 14.9 Å². The van der Waals surface area contributed by atoms with Gasteiger partial charge in [-0.2, -0.15) is 0 Å².